The summed E-state index contributed by atoms with van der Waals surface area (Å²) >= 11 is 17.1. The van der Waals surface area contributed by atoms with Crippen LogP contribution in [0.4, 0.5) is 0 Å². The van der Waals surface area contributed by atoms with Crippen molar-refractivity contribution in [2.24, 2.45) is 0 Å². The summed E-state index contributed by atoms with van der Waals surface area (Å²) in [4.78, 5) is 1.19. The molecule has 0 bridgehead atoms. The molecule has 2 rings (SSSR count). The van der Waals surface area contributed by atoms with Crippen LogP contribution in [-0.2, 0) is 0 Å². The van der Waals surface area contributed by atoms with Crippen LogP contribution in [0.15, 0.2) is 34.1 Å². The van der Waals surface area contributed by atoms with Crippen molar-refractivity contribution in [1.82, 2.24) is 5.32 Å². The van der Waals surface area contributed by atoms with E-state index < -0.39 is 0 Å². The predicted molar refractivity (Wildman–Crippen MR) is 84.0 cm³/mol. The monoisotopic (exact) mass is 363 g/mol. The molecule has 0 aliphatic heterocycles. The molecule has 1 unspecified atom stereocenters. The second-order valence-electron chi connectivity index (χ2n) is 3.81. The molecule has 0 spiro atoms. The van der Waals surface area contributed by atoms with Crippen LogP contribution in [0.1, 0.15) is 23.4 Å². The van der Waals surface area contributed by atoms with Crippen LogP contribution in [-0.4, -0.2) is 6.54 Å². The molecule has 0 aliphatic carbocycles. The SMILES string of the molecule is CCNC(c1ccc(Cl)cc1)c1cc(Cl)c(Br)s1. The zero-order valence-electron chi connectivity index (χ0n) is 9.71. The molecule has 1 nitrogen and oxygen atoms in total. The molecule has 0 fully saturated rings. The van der Waals surface area contributed by atoms with E-state index in [2.05, 4.69) is 28.2 Å². The van der Waals surface area contributed by atoms with Gasteiger partial charge < -0.3 is 5.32 Å². The fourth-order valence-electron chi connectivity index (χ4n) is 1.75. The lowest BCUT2D eigenvalue weighted by Crippen LogP contribution is -2.20. The van der Waals surface area contributed by atoms with E-state index in [1.54, 1.807) is 11.3 Å². The molecule has 1 atom stereocenters. The maximum absolute atomic E-state index is 6.10. The molecule has 1 aromatic heterocycles. The molecule has 5 heteroatoms. The van der Waals surface area contributed by atoms with Gasteiger partial charge in [0.05, 0.1) is 14.9 Å². The highest BCUT2D eigenvalue weighted by Gasteiger charge is 2.17. The molecular formula is C13H12BrCl2NS. The average Bonchev–Trinajstić information content (AvgIpc) is 2.68. The summed E-state index contributed by atoms with van der Waals surface area (Å²) in [6.45, 7) is 2.98. The Morgan fingerprint density at radius 3 is 2.44 bits per heavy atom. The summed E-state index contributed by atoms with van der Waals surface area (Å²) in [6, 6.07) is 10.0. The third-order valence-corrected chi connectivity index (χ3v) is 5.35. The lowest BCUT2D eigenvalue weighted by Gasteiger charge is -2.16. The van der Waals surface area contributed by atoms with E-state index in [1.165, 1.54) is 10.4 Å². The van der Waals surface area contributed by atoms with Crippen molar-refractivity contribution in [1.29, 1.82) is 0 Å². The van der Waals surface area contributed by atoms with Gasteiger partial charge in [0, 0.05) is 9.90 Å². The Kier molecular flexibility index (Phi) is 5.10. The van der Waals surface area contributed by atoms with E-state index in [1.807, 2.05) is 30.3 Å². The van der Waals surface area contributed by atoms with Crippen LogP contribution >= 0.6 is 50.5 Å². The Balaban J connectivity index is 2.36. The van der Waals surface area contributed by atoms with Crippen molar-refractivity contribution < 1.29 is 0 Å². The summed E-state index contributed by atoms with van der Waals surface area (Å²) < 4.78 is 0.969. The fraction of sp³-hybridized carbons (Fsp3) is 0.231. The first-order chi connectivity index (χ1) is 8.61. The largest absolute Gasteiger partial charge is 0.306 e. The lowest BCUT2D eigenvalue weighted by molar-refractivity contribution is 0.640. The van der Waals surface area contributed by atoms with Crippen molar-refractivity contribution in [3.05, 3.63) is 54.6 Å². The molecule has 0 radical (unpaired) electrons. The highest BCUT2D eigenvalue weighted by Crippen LogP contribution is 2.37. The molecule has 0 saturated heterocycles. The minimum atomic E-state index is 0.154. The van der Waals surface area contributed by atoms with Crippen molar-refractivity contribution in [2.75, 3.05) is 6.54 Å². The molecule has 18 heavy (non-hydrogen) atoms. The van der Waals surface area contributed by atoms with E-state index in [0.717, 1.165) is 20.4 Å². The Labute approximate surface area is 129 Å². The molecule has 0 amide bonds. The standard InChI is InChI=1S/C13H12BrCl2NS/c1-2-17-12(8-3-5-9(15)6-4-8)11-7-10(16)13(14)18-11/h3-7,12,17H,2H2,1H3. The summed E-state index contributed by atoms with van der Waals surface area (Å²) in [5.41, 5.74) is 1.19. The molecule has 1 heterocycles. The van der Waals surface area contributed by atoms with Crippen molar-refractivity contribution >= 4 is 50.5 Å². The minimum absolute atomic E-state index is 0.154. The minimum Gasteiger partial charge on any atom is -0.306 e. The van der Waals surface area contributed by atoms with Gasteiger partial charge >= 0.3 is 0 Å². The van der Waals surface area contributed by atoms with E-state index in [-0.39, 0.29) is 6.04 Å². The van der Waals surface area contributed by atoms with Gasteiger partial charge in [-0.25, -0.2) is 0 Å². The van der Waals surface area contributed by atoms with Crippen molar-refractivity contribution in [2.45, 2.75) is 13.0 Å². The van der Waals surface area contributed by atoms with Gasteiger partial charge in [0.25, 0.3) is 0 Å². The van der Waals surface area contributed by atoms with Gasteiger partial charge in [-0.05, 0) is 46.2 Å². The van der Waals surface area contributed by atoms with E-state index in [0.29, 0.717) is 0 Å². The number of thiophene rings is 1. The van der Waals surface area contributed by atoms with Gasteiger partial charge in [-0.1, -0.05) is 42.3 Å². The Hall–Kier alpha value is -0.0600. The molecule has 1 N–H and O–H groups in total. The number of rotatable bonds is 4. The molecule has 1 aromatic carbocycles. The number of nitrogens with one attached hydrogen (secondary N) is 1. The van der Waals surface area contributed by atoms with E-state index in [4.69, 9.17) is 23.2 Å². The van der Waals surface area contributed by atoms with Gasteiger partial charge in [-0.2, -0.15) is 0 Å². The van der Waals surface area contributed by atoms with Crippen molar-refractivity contribution in [3.63, 3.8) is 0 Å². The maximum atomic E-state index is 6.10. The normalized spacial score (nSPS) is 12.7. The lowest BCUT2D eigenvalue weighted by atomic mass is 10.1. The Morgan fingerprint density at radius 2 is 1.94 bits per heavy atom. The number of hydrogen-bond donors (Lipinski definition) is 1. The third kappa shape index (κ3) is 3.28. The number of benzene rings is 1. The Morgan fingerprint density at radius 1 is 1.28 bits per heavy atom. The Bertz CT molecular complexity index is 505. The molecule has 0 aliphatic rings. The van der Waals surface area contributed by atoms with E-state index in [9.17, 15) is 0 Å². The maximum Gasteiger partial charge on any atom is 0.0888 e. The molecule has 0 saturated carbocycles. The fourth-order valence-corrected chi connectivity index (χ4v) is 3.72. The van der Waals surface area contributed by atoms with Crippen LogP contribution < -0.4 is 5.32 Å². The summed E-state index contributed by atoms with van der Waals surface area (Å²) in [5.74, 6) is 0. The molecular weight excluding hydrogens is 353 g/mol. The van der Waals surface area contributed by atoms with E-state index >= 15 is 0 Å². The summed E-state index contributed by atoms with van der Waals surface area (Å²) in [7, 11) is 0. The molecule has 96 valence electrons. The quantitative estimate of drug-likeness (QED) is 0.753. The van der Waals surface area contributed by atoms with Crippen LogP contribution in [0.2, 0.25) is 10.0 Å². The first-order valence-electron chi connectivity index (χ1n) is 5.55. The second-order valence-corrected chi connectivity index (χ2v) is 7.06. The van der Waals surface area contributed by atoms with Crippen LogP contribution in [0.5, 0.6) is 0 Å². The predicted octanol–water partition coefficient (Wildman–Crippen LogP) is 5.52. The van der Waals surface area contributed by atoms with Gasteiger partial charge in [0.2, 0.25) is 0 Å². The topological polar surface area (TPSA) is 12.0 Å². The highest BCUT2D eigenvalue weighted by molar-refractivity contribution is 9.11. The van der Waals surface area contributed by atoms with Crippen LogP contribution in [0.25, 0.3) is 0 Å². The summed E-state index contributed by atoms with van der Waals surface area (Å²) in [6.07, 6.45) is 0. The molecule has 2 aromatic rings. The zero-order valence-corrected chi connectivity index (χ0v) is 13.6. The van der Waals surface area contributed by atoms with Gasteiger partial charge in [-0.15, -0.1) is 11.3 Å². The first-order valence-corrected chi connectivity index (χ1v) is 7.92. The number of hydrogen-bond acceptors (Lipinski definition) is 2. The zero-order chi connectivity index (χ0) is 13.1. The number of halogens is 3. The van der Waals surface area contributed by atoms with Gasteiger partial charge in [0.15, 0.2) is 0 Å². The average molecular weight is 365 g/mol. The van der Waals surface area contributed by atoms with Gasteiger partial charge in [0.1, 0.15) is 0 Å². The van der Waals surface area contributed by atoms with Crippen molar-refractivity contribution in [3.8, 4) is 0 Å². The van der Waals surface area contributed by atoms with Crippen LogP contribution in [0.3, 0.4) is 0 Å². The smallest absolute Gasteiger partial charge is 0.0888 e. The third-order valence-electron chi connectivity index (χ3n) is 2.56. The van der Waals surface area contributed by atoms with Gasteiger partial charge in [-0.3, -0.25) is 0 Å². The van der Waals surface area contributed by atoms with Crippen LogP contribution in [0, 0.1) is 0 Å². The first kappa shape index (κ1) is 14.4. The second kappa shape index (κ2) is 6.40. The highest BCUT2D eigenvalue weighted by atomic mass is 79.9. The summed E-state index contributed by atoms with van der Waals surface area (Å²) in [5, 5.41) is 4.97.